The molecule has 0 aromatic rings. The molecule has 0 aromatic heterocycles. The van der Waals surface area contributed by atoms with E-state index < -0.39 is 19.1 Å². The molecule has 0 rings (SSSR count). The summed E-state index contributed by atoms with van der Waals surface area (Å²) in [6, 6.07) is 0. The first-order chi connectivity index (χ1) is 4.50. The fourth-order valence-corrected chi connectivity index (χ4v) is 0.218. The third kappa shape index (κ3) is 2.82. The van der Waals surface area contributed by atoms with Crippen LogP contribution in [0.5, 0.6) is 0 Å². The molecule has 10 heavy (non-hydrogen) atoms. The molecule has 0 saturated carbocycles. The third-order valence-corrected chi connectivity index (χ3v) is 0.602. The topological polar surface area (TPSA) is 9.23 Å². The Balaban J connectivity index is 3.74. The third-order valence-electron chi connectivity index (χ3n) is 0.602. The van der Waals surface area contributed by atoms with Crippen LogP contribution in [0.15, 0.2) is 12.7 Å². The monoisotopic (exact) mass is 157 g/mol. The molecule has 0 atom stereocenters. The predicted molar refractivity (Wildman–Crippen MR) is 26.6 cm³/mol. The number of hydrogen-bond donors (Lipinski definition) is 0. The van der Waals surface area contributed by atoms with E-state index in [0.717, 1.165) is 6.08 Å². The van der Waals surface area contributed by atoms with Gasteiger partial charge < -0.3 is 4.74 Å². The molecule has 1 radical (unpaired) electrons. The lowest BCUT2D eigenvalue weighted by Gasteiger charge is -2.11. The molecule has 1 nitrogen and oxygen atoms in total. The van der Waals surface area contributed by atoms with Crippen molar-refractivity contribution in [1.82, 2.24) is 0 Å². The zero-order valence-electron chi connectivity index (χ0n) is 4.91. The number of hydrogen-bond acceptors (Lipinski definition) is 1. The van der Waals surface area contributed by atoms with Crippen molar-refractivity contribution in [2.45, 2.75) is 6.11 Å². The Kier molecular flexibility index (Phi) is 3.35. The van der Waals surface area contributed by atoms with E-state index in [9.17, 15) is 17.6 Å². The van der Waals surface area contributed by atoms with Crippen molar-refractivity contribution in [1.29, 1.82) is 0 Å². The molecular weight excluding hydrogens is 152 g/mol. The van der Waals surface area contributed by atoms with Gasteiger partial charge in [0.15, 0.2) is 0 Å². The normalized spacial score (nSPS) is 12.1. The molecule has 0 heterocycles. The van der Waals surface area contributed by atoms with Gasteiger partial charge >= 0.3 is 12.5 Å². The Morgan fingerprint density at radius 3 is 2.30 bits per heavy atom. The molecule has 5 heteroatoms. The minimum absolute atomic E-state index is 0.607. The lowest BCUT2D eigenvalue weighted by molar-refractivity contribution is -0.254. The van der Waals surface area contributed by atoms with Gasteiger partial charge in [0, 0.05) is 0 Å². The van der Waals surface area contributed by atoms with E-state index in [4.69, 9.17) is 0 Å². The first-order valence-electron chi connectivity index (χ1n) is 2.32. The highest BCUT2D eigenvalue weighted by molar-refractivity contribution is 4.75. The second kappa shape index (κ2) is 3.55. The van der Waals surface area contributed by atoms with E-state index in [2.05, 4.69) is 11.3 Å². The van der Waals surface area contributed by atoms with Crippen molar-refractivity contribution in [3.63, 3.8) is 0 Å². The molecule has 0 aliphatic rings. The van der Waals surface area contributed by atoms with Gasteiger partial charge in [-0.15, -0.1) is 6.58 Å². The highest BCUT2D eigenvalue weighted by Gasteiger charge is 2.44. The minimum atomic E-state index is -4.44. The maximum atomic E-state index is 11.7. The Morgan fingerprint density at radius 2 is 2.00 bits per heavy atom. The van der Waals surface area contributed by atoms with Gasteiger partial charge in [-0.05, 0) is 0 Å². The molecule has 0 fully saturated rings. The number of ether oxygens (including phenoxy) is 1. The van der Waals surface area contributed by atoms with E-state index >= 15 is 0 Å². The lowest BCUT2D eigenvalue weighted by atomic mass is 10.6. The van der Waals surface area contributed by atoms with Crippen LogP contribution in [0.1, 0.15) is 0 Å². The summed E-state index contributed by atoms with van der Waals surface area (Å²) in [6.45, 7) is 2.40. The molecule has 0 unspecified atom stereocenters. The summed E-state index contributed by atoms with van der Waals surface area (Å²) in [5, 5.41) is 0. The number of alkyl halides is 2. The van der Waals surface area contributed by atoms with Crippen LogP contribution in [-0.4, -0.2) is 12.7 Å². The maximum absolute atomic E-state index is 11.7. The summed E-state index contributed by atoms with van der Waals surface area (Å²) in [5.41, 5.74) is 0. The summed E-state index contributed by atoms with van der Waals surface area (Å²) >= 11 is 0. The molecule has 0 aliphatic heterocycles. The summed E-state index contributed by atoms with van der Waals surface area (Å²) < 4.78 is 49.0. The van der Waals surface area contributed by atoms with Crippen molar-refractivity contribution in [3.05, 3.63) is 19.1 Å². The Hall–Kier alpha value is -0.580. The van der Waals surface area contributed by atoms with E-state index in [0.29, 0.717) is 0 Å². The van der Waals surface area contributed by atoms with Gasteiger partial charge in [0.1, 0.15) is 0 Å². The van der Waals surface area contributed by atoms with Crippen LogP contribution in [0.25, 0.3) is 0 Å². The minimum Gasteiger partial charge on any atom is -0.311 e. The van der Waals surface area contributed by atoms with Crippen molar-refractivity contribution < 1.29 is 22.3 Å². The van der Waals surface area contributed by atoms with Crippen molar-refractivity contribution in [3.8, 4) is 0 Å². The van der Waals surface area contributed by atoms with Gasteiger partial charge in [-0.3, -0.25) is 0 Å². The Bertz CT molecular complexity index is 112. The maximum Gasteiger partial charge on any atom is 0.426 e. The first-order valence-corrected chi connectivity index (χ1v) is 2.32. The molecule has 0 aliphatic carbocycles. The molecular formula is C5H5F4O. The molecule has 0 amide bonds. The van der Waals surface area contributed by atoms with Crippen LogP contribution in [0, 0.1) is 6.43 Å². The predicted octanol–water partition coefficient (Wildman–Crippen LogP) is 2.21. The summed E-state index contributed by atoms with van der Waals surface area (Å²) in [4.78, 5) is 0. The Labute approximate surface area is 55.3 Å². The quantitative estimate of drug-likeness (QED) is 0.449. The van der Waals surface area contributed by atoms with Crippen molar-refractivity contribution in [2.75, 3.05) is 6.61 Å². The summed E-state index contributed by atoms with van der Waals surface area (Å²) in [7, 11) is 0. The number of halogens is 4. The molecule has 0 spiro atoms. The fourth-order valence-electron chi connectivity index (χ4n) is 0.218. The van der Waals surface area contributed by atoms with E-state index in [1.807, 2.05) is 0 Å². The smallest absolute Gasteiger partial charge is 0.311 e. The first kappa shape index (κ1) is 9.42. The van der Waals surface area contributed by atoms with Gasteiger partial charge in [0.05, 0.1) is 6.61 Å². The van der Waals surface area contributed by atoms with Crippen LogP contribution in [-0.2, 0) is 4.74 Å². The Morgan fingerprint density at radius 1 is 1.50 bits per heavy atom. The molecule has 59 valence electrons. The van der Waals surface area contributed by atoms with Gasteiger partial charge in [-0.1, -0.05) is 6.08 Å². The molecule has 0 N–H and O–H groups in total. The van der Waals surface area contributed by atoms with E-state index in [1.54, 1.807) is 0 Å². The van der Waals surface area contributed by atoms with E-state index in [-0.39, 0.29) is 0 Å². The van der Waals surface area contributed by atoms with Crippen LogP contribution in [0.3, 0.4) is 0 Å². The van der Waals surface area contributed by atoms with Crippen molar-refractivity contribution >= 4 is 0 Å². The highest BCUT2D eigenvalue weighted by Crippen LogP contribution is 2.29. The largest absolute Gasteiger partial charge is 0.426 e. The van der Waals surface area contributed by atoms with Crippen LogP contribution >= 0.6 is 0 Å². The van der Waals surface area contributed by atoms with E-state index in [1.165, 1.54) is 0 Å². The summed E-state index contributed by atoms with van der Waals surface area (Å²) in [5.74, 6) is 0. The van der Waals surface area contributed by atoms with Gasteiger partial charge in [-0.2, -0.15) is 17.6 Å². The second-order valence-corrected chi connectivity index (χ2v) is 1.38. The SMILES string of the molecule is C=CCOC(F)(F)[C](F)F. The fraction of sp³-hybridized carbons (Fsp3) is 0.400. The highest BCUT2D eigenvalue weighted by atomic mass is 19.3. The van der Waals surface area contributed by atoms with Crippen LogP contribution in [0.4, 0.5) is 17.6 Å². The summed E-state index contributed by atoms with van der Waals surface area (Å²) in [6.07, 6.45) is -6.53. The molecule has 0 aromatic carbocycles. The zero-order chi connectivity index (χ0) is 8.20. The van der Waals surface area contributed by atoms with Gasteiger partial charge in [-0.25, -0.2) is 0 Å². The van der Waals surface area contributed by atoms with Gasteiger partial charge in [0.2, 0.25) is 0 Å². The molecule has 0 saturated heterocycles. The average molecular weight is 157 g/mol. The van der Waals surface area contributed by atoms with Crippen LogP contribution < -0.4 is 0 Å². The van der Waals surface area contributed by atoms with Crippen molar-refractivity contribution in [2.24, 2.45) is 0 Å². The zero-order valence-corrected chi connectivity index (χ0v) is 4.91. The lowest BCUT2D eigenvalue weighted by Crippen LogP contribution is -2.24. The van der Waals surface area contributed by atoms with Gasteiger partial charge in [0.25, 0.3) is 0 Å². The average Bonchev–Trinajstić information content (AvgIpc) is 1.84. The molecule has 0 bridgehead atoms. The standard InChI is InChI=1S/C5H5F4O/c1-2-3-10-5(8,9)4(6)7/h2H,1,3H2. The van der Waals surface area contributed by atoms with Crippen LogP contribution in [0.2, 0.25) is 0 Å². The second-order valence-electron chi connectivity index (χ2n) is 1.38. The number of rotatable bonds is 4.